The number of nitrogens with zero attached hydrogens (tertiary/aromatic N) is 2. The van der Waals surface area contributed by atoms with Gasteiger partial charge >= 0.3 is 0 Å². The monoisotopic (exact) mass is 521 g/mol. The highest BCUT2D eigenvalue weighted by molar-refractivity contribution is 7.92. The summed E-state index contributed by atoms with van der Waals surface area (Å²) in [5.41, 5.74) is 2.45. The second-order valence-corrected chi connectivity index (χ2v) is 11.1. The number of halogens is 1. The molecule has 0 heterocycles. The van der Waals surface area contributed by atoms with Gasteiger partial charge in [-0.15, -0.1) is 0 Å². The van der Waals surface area contributed by atoms with Crippen LogP contribution in [0.1, 0.15) is 50.7 Å². The van der Waals surface area contributed by atoms with Gasteiger partial charge in [-0.3, -0.25) is 13.9 Å². The van der Waals surface area contributed by atoms with E-state index in [9.17, 15) is 18.0 Å². The van der Waals surface area contributed by atoms with E-state index in [4.69, 9.17) is 11.6 Å². The van der Waals surface area contributed by atoms with Crippen molar-refractivity contribution in [1.82, 2.24) is 10.2 Å². The zero-order valence-corrected chi connectivity index (χ0v) is 22.5. The number of carbonyl (C=O) groups is 2. The van der Waals surface area contributed by atoms with Crippen LogP contribution in [0, 0.1) is 6.92 Å². The minimum Gasteiger partial charge on any atom is -0.354 e. The van der Waals surface area contributed by atoms with Gasteiger partial charge in [-0.25, -0.2) is 8.42 Å². The number of hydrogen-bond acceptors (Lipinski definition) is 4. The Morgan fingerprint density at radius 1 is 1.03 bits per heavy atom. The standard InChI is InChI=1S/C26H36ClN3O4S/c1-5-6-17-28-26(32)21(3)29(19-22-11-13-23(27)14-12-22)25(31)8-7-18-30(35(4,33)34)24-15-9-20(2)10-16-24/h9-16,21H,5-8,17-19H2,1-4H3,(H,28,32)/t21-/m0/s1. The van der Waals surface area contributed by atoms with Gasteiger partial charge in [0.25, 0.3) is 0 Å². The van der Waals surface area contributed by atoms with Crippen molar-refractivity contribution in [1.29, 1.82) is 0 Å². The summed E-state index contributed by atoms with van der Waals surface area (Å²) < 4.78 is 26.1. The van der Waals surface area contributed by atoms with Crippen molar-refractivity contribution >= 4 is 39.1 Å². The maximum atomic E-state index is 13.3. The molecule has 1 atom stereocenters. The predicted octanol–water partition coefficient (Wildman–Crippen LogP) is 4.53. The number of nitrogens with one attached hydrogen (secondary N) is 1. The first-order valence-electron chi connectivity index (χ1n) is 11.9. The summed E-state index contributed by atoms with van der Waals surface area (Å²) in [6.45, 7) is 6.67. The number of amides is 2. The SMILES string of the molecule is CCCCNC(=O)[C@H](C)N(Cc1ccc(Cl)cc1)C(=O)CCCN(c1ccc(C)cc1)S(C)(=O)=O. The van der Waals surface area contributed by atoms with Crippen LogP contribution in [0.25, 0.3) is 0 Å². The zero-order valence-electron chi connectivity index (χ0n) is 21.0. The van der Waals surface area contributed by atoms with Gasteiger partial charge in [0.05, 0.1) is 11.9 Å². The molecule has 2 amide bonds. The summed E-state index contributed by atoms with van der Waals surface area (Å²) in [4.78, 5) is 27.5. The van der Waals surface area contributed by atoms with E-state index in [0.29, 0.717) is 23.7 Å². The van der Waals surface area contributed by atoms with Gasteiger partial charge in [-0.05, 0) is 56.5 Å². The molecule has 0 fully saturated rings. The lowest BCUT2D eigenvalue weighted by molar-refractivity contribution is -0.140. The average molecular weight is 522 g/mol. The van der Waals surface area contributed by atoms with E-state index in [2.05, 4.69) is 5.32 Å². The Balaban J connectivity index is 2.12. The smallest absolute Gasteiger partial charge is 0.242 e. The molecule has 0 aliphatic rings. The Labute approximate surface area is 214 Å². The van der Waals surface area contributed by atoms with E-state index >= 15 is 0 Å². The van der Waals surface area contributed by atoms with E-state index in [-0.39, 0.29) is 31.3 Å². The van der Waals surface area contributed by atoms with Crippen molar-refractivity contribution in [2.24, 2.45) is 0 Å². The Morgan fingerprint density at radius 2 is 1.66 bits per heavy atom. The van der Waals surface area contributed by atoms with Crippen molar-refractivity contribution in [3.63, 3.8) is 0 Å². The van der Waals surface area contributed by atoms with Crippen LogP contribution in [-0.4, -0.2) is 50.5 Å². The zero-order chi connectivity index (χ0) is 26.0. The maximum absolute atomic E-state index is 13.3. The highest BCUT2D eigenvalue weighted by atomic mass is 35.5. The first-order valence-corrected chi connectivity index (χ1v) is 14.1. The molecule has 7 nitrogen and oxygen atoms in total. The lowest BCUT2D eigenvalue weighted by atomic mass is 10.1. The molecule has 0 aliphatic heterocycles. The summed E-state index contributed by atoms with van der Waals surface area (Å²) in [6.07, 6.45) is 3.41. The van der Waals surface area contributed by atoms with E-state index < -0.39 is 16.1 Å². The highest BCUT2D eigenvalue weighted by Crippen LogP contribution is 2.20. The first kappa shape index (κ1) is 28.7. The van der Waals surface area contributed by atoms with Crippen LogP contribution in [0.5, 0.6) is 0 Å². The predicted molar refractivity (Wildman–Crippen MR) is 142 cm³/mol. The van der Waals surface area contributed by atoms with Crippen molar-refractivity contribution < 1.29 is 18.0 Å². The fourth-order valence-electron chi connectivity index (χ4n) is 3.62. The number of carbonyl (C=O) groups excluding carboxylic acids is 2. The summed E-state index contributed by atoms with van der Waals surface area (Å²) in [5, 5.41) is 3.48. The average Bonchev–Trinajstić information content (AvgIpc) is 2.81. The Hall–Kier alpha value is -2.58. The van der Waals surface area contributed by atoms with Crippen molar-refractivity contribution in [2.45, 2.75) is 59.0 Å². The number of aryl methyl sites for hydroxylation is 1. The molecule has 0 spiro atoms. The van der Waals surface area contributed by atoms with Gasteiger partial charge < -0.3 is 10.2 Å². The highest BCUT2D eigenvalue weighted by Gasteiger charge is 2.26. The van der Waals surface area contributed by atoms with E-state index in [1.165, 1.54) is 4.31 Å². The molecular formula is C26H36ClN3O4S. The van der Waals surface area contributed by atoms with Gasteiger partial charge in [0.15, 0.2) is 0 Å². The molecule has 192 valence electrons. The normalized spacial score (nSPS) is 12.1. The van der Waals surface area contributed by atoms with Gasteiger partial charge in [-0.1, -0.05) is 54.8 Å². The third-order valence-corrected chi connectivity index (χ3v) is 7.18. The van der Waals surface area contributed by atoms with Crippen LogP contribution in [0.4, 0.5) is 5.69 Å². The quantitative estimate of drug-likeness (QED) is 0.392. The molecule has 0 bridgehead atoms. The molecule has 0 saturated heterocycles. The molecule has 1 N–H and O–H groups in total. The second kappa shape index (κ2) is 13.5. The van der Waals surface area contributed by atoms with Gasteiger partial charge in [-0.2, -0.15) is 0 Å². The third kappa shape index (κ3) is 9.18. The lowest BCUT2D eigenvalue weighted by Crippen LogP contribution is -2.47. The van der Waals surface area contributed by atoms with Gasteiger partial charge in [0.1, 0.15) is 6.04 Å². The van der Waals surface area contributed by atoms with Crippen molar-refractivity contribution in [3.05, 3.63) is 64.7 Å². The molecule has 35 heavy (non-hydrogen) atoms. The molecule has 0 saturated carbocycles. The van der Waals surface area contributed by atoms with E-state index in [1.54, 1.807) is 36.1 Å². The van der Waals surface area contributed by atoms with Gasteiger partial charge in [0.2, 0.25) is 21.8 Å². The lowest BCUT2D eigenvalue weighted by Gasteiger charge is -2.29. The molecule has 0 unspecified atom stereocenters. The number of sulfonamides is 1. The first-order chi connectivity index (χ1) is 16.5. The van der Waals surface area contributed by atoms with E-state index in [0.717, 1.165) is 30.2 Å². The van der Waals surface area contributed by atoms with Crippen LogP contribution < -0.4 is 9.62 Å². The Kier molecular flexibility index (Phi) is 11.0. The summed E-state index contributed by atoms with van der Waals surface area (Å²) in [5.74, 6) is -0.423. The number of rotatable bonds is 13. The number of unbranched alkanes of at least 4 members (excludes halogenated alkanes) is 1. The molecule has 0 aliphatic carbocycles. The van der Waals surface area contributed by atoms with E-state index in [1.807, 2.05) is 38.1 Å². The van der Waals surface area contributed by atoms with Crippen LogP contribution >= 0.6 is 11.6 Å². The summed E-state index contributed by atoms with van der Waals surface area (Å²) >= 11 is 5.99. The molecule has 2 rings (SSSR count). The third-order valence-electron chi connectivity index (χ3n) is 5.74. The fourth-order valence-corrected chi connectivity index (χ4v) is 4.71. The van der Waals surface area contributed by atoms with Crippen LogP contribution in [0.3, 0.4) is 0 Å². The van der Waals surface area contributed by atoms with Crippen LogP contribution in [0.15, 0.2) is 48.5 Å². The minimum atomic E-state index is -3.51. The number of benzene rings is 2. The second-order valence-electron chi connectivity index (χ2n) is 8.74. The Morgan fingerprint density at radius 3 is 2.23 bits per heavy atom. The molecule has 2 aromatic carbocycles. The number of hydrogen-bond donors (Lipinski definition) is 1. The van der Waals surface area contributed by atoms with Crippen LogP contribution in [0.2, 0.25) is 5.02 Å². The maximum Gasteiger partial charge on any atom is 0.242 e. The molecular weight excluding hydrogens is 486 g/mol. The Bertz CT molecular complexity index is 1070. The largest absolute Gasteiger partial charge is 0.354 e. The topological polar surface area (TPSA) is 86.8 Å². The van der Waals surface area contributed by atoms with Crippen molar-refractivity contribution in [3.8, 4) is 0 Å². The molecule has 0 aromatic heterocycles. The fraction of sp³-hybridized carbons (Fsp3) is 0.462. The molecule has 9 heteroatoms. The van der Waals surface area contributed by atoms with Gasteiger partial charge in [0, 0.05) is 31.1 Å². The van der Waals surface area contributed by atoms with Crippen molar-refractivity contribution in [2.75, 3.05) is 23.7 Å². The molecule has 0 radical (unpaired) electrons. The summed E-state index contributed by atoms with van der Waals surface area (Å²) in [7, 11) is -3.51. The number of anilines is 1. The minimum absolute atomic E-state index is 0.109. The molecule has 2 aromatic rings. The van der Waals surface area contributed by atoms with Crippen LogP contribution in [-0.2, 0) is 26.2 Å². The summed E-state index contributed by atoms with van der Waals surface area (Å²) in [6, 6.07) is 13.7.